The summed E-state index contributed by atoms with van der Waals surface area (Å²) in [6.45, 7) is 1.74. The summed E-state index contributed by atoms with van der Waals surface area (Å²) >= 11 is 0. The third-order valence-electron chi connectivity index (χ3n) is 2.45. The number of aliphatic hydroxyl groups excluding tert-OH is 1. The lowest BCUT2D eigenvalue weighted by atomic mass is 10.3. The lowest BCUT2D eigenvalue weighted by Gasteiger charge is -2.21. The molecular formula is C10H17N5O4. The number of nitrogens with zero attached hydrogens (tertiary/aromatic N) is 4. The second kappa shape index (κ2) is 6.25. The molecule has 0 spiro atoms. The lowest BCUT2D eigenvalue weighted by Crippen LogP contribution is -2.33. The van der Waals surface area contributed by atoms with E-state index in [4.69, 9.17) is 10.5 Å². The molecule has 0 fully saturated rings. The Morgan fingerprint density at radius 3 is 2.74 bits per heavy atom. The molecule has 1 aromatic rings. The van der Waals surface area contributed by atoms with Gasteiger partial charge in [-0.05, 0) is 6.92 Å². The standard InChI is InChI=1S/C10H17N5O4/c1-6-8(15(17)18)9(13-10(11)12-6)14(2)4-7(16)5-19-3/h7,16H,4-5H2,1-3H3,(H2,11,12,13). The van der Waals surface area contributed by atoms with E-state index in [0.29, 0.717) is 0 Å². The van der Waals surface area contributed by atoms with E-state index in [0.717, 1.165) is 0 Å². The first-order valence-corrected chi connectivity index (χ1v) is 5.53. The summed E-state index contributed by atoms with van der Waals surface area (Å²) < 4.78 is 4.80. The molecule has 1 aromatic heterocycles. The van der Waals surface area contributed by atoms with E-state index in [1.54, 1.807) is 7.05 Å². The number of nitrogen functional groups attached to an aromatic ring is 1. The second-order valence-corrected chi connectivity index (χ2v) is 4.09. The fourth-order valence-corrected chi connectivity index (χ4v) is 1.70. The highest BCUT2D eigenvalue weighted by atomic mass is 16.6. The number of nitrogens with two attached hydrogens (primary N) is 1. The molecule has 0 bridgehead atoms. The number of aromatic nitrogens is 2. The minimum atomic E-state index is -0.786. The number of ether oxygens (including phenoxy) is 1. The van der Waals surface area contributed by atoms with Crippen LogP contribution in [0.5, 0.6) is 0 Å². The molecule has 0 saturated carbocycles. The van der Waals surface area contributed by atoms with Crippen molar-refractivity contribution in [2.24, 2.45) is 0 Å². The molecule has 0 saturated heterocycles. The maximum atomic E-state index is 11.0. The van der Waals surface area contributed by atoms with Gasteiger partial charge < -0.3 is 20.5 Å². The number of hydrogen-bond acceptors (Lipinski definition) is 8. The van der Waals surface area contributed by atoms with E-state index in [2.05, 4.69) is 9.97 Å². The van der Waals surface area contributed by atoms with E-state index < -0.39 is 11.0 Å². The third kappa shape index (κ3) is 3.73. The number of aliphatic hydroxyl groups is 1. The van der Waals surface area contributed by atoms with E-state index >= 15 is 0 Å². The van der Waals surface area contributed by atoms with Crippen LogP contribution in [0.25, 0.3) is 0 Å². The van der Waals surface area contributed by atoms with Gasteiger partial charge in [0.1, 0.15) is 5.69 Å². The van der Waals surface area contributed by atoms with Crippen LogP contribution in [0.2, 0.25) is 0 Å². The normalized spacial score (nSPS) is 12.2. The molecule has 1 unspecified atom stereocenters. The van der Waals surface area contributed by atoms with Crippen molar-refractivity contribution in [3.05, 3.63) is 15.8 Å². The molecule has 0 aliphatic heterocycles. The quantitative estimate of drug-likeness (QED) is 0.534. The van der Waals surface area contributed by atoms with Crippen LogP contribution < -0.4 is 10.6 Å². The minimum Gasteiger partial charge on any atom is -0.389 e. The Hall–Kier alpha value is -2.00. The monoisotopic (exact) mass is 271 g/mol. The number of aryl methyl sites for hydroxylation is 1. The number of nitro groups is 1. The molecule has 106 valence electrons. The fourth-order valence-electron chi connectivity index (χ4n) is 1.70. The topological polar surface area (TPSA) is 128 Å². The highest BCUT2D eigenvalue weighted by Crippen LogP contribution is 2.28. The maximum absolute atomic E-state index is 11.0. The highest BCUT2D eigenvalue weighted by Gasteiger charge is 2.25. The number of rotatable bonds is 6. The molecule has 0 amide bonds. The van der Waals surface area contributed by atoms with Gasteiger partial charge >= 0.3 is 5.69 Å². The van der Waals surface area contributed by atoms with Crippen LogP contribution >= 0.6 is 0 Å². The fraction of sp³-hybridized carbons (Fsp3) is 0.600. The van der Waals surface area contributed by atoms with Crippen molar-refractivity contribution >= 4 is 17.5 Å². The zero-order valence-electron chi connectivity index (χ0n) is 11.0. The average molecular weight is 271 g/mol. The summed E-state index contributed by atoms with van der Waals surface area (Å²) in [6, 6.07) is 0. The van der Waals surface area contributed by atoms with E-state index in [9.17, 15) is 15.2 Å². The Balaban J connectivity index is 3.07. The molecule has 1 rings (SSSR count). The number of anilines is 2. The van der Waals surface area contributed by atoms with Crippen LogP contribution in [-0.4, -0.2) is 53.4 Å². The first kappa shape index (κ1) is 15.1. The van der Waals surface area contributed by atoms with Crippen LogP contribution in [0.3, 0.4) is 0 Å². The summed E-state index contributed by atoms with van der Waals surface area (Å²) in [4.78, 5) is 19.6. The Morgan fingerprint density at radius 1 is 1.58 bits per heavy atom. The van der Waals surface area contributed by atoms with Crippen LogP contribution in [0, 0.1) is 17.0 Å². The molecular weight excluding hydrogens is 254 g/mol. The van der Waals surface area contributed by atoms with Gasteiger partial charge in [-0.1, -0.05) is 0 Å². The van der Waals surface area contributed by atoms with Crippen molar-refractivity contribution in [1.29, 1.82) is 0 Å². The van der Waals surface area contributed by atoms with Crippen LogP contribution in [0.15, 0.2) is 0 Å². The van der Waals surface area contributed by atoms with Gasteiger partial charge in [0, 0.05) is 20.7 Å². The lowest BCUT2D eigenvalue weighted by molar-refractivity contribution is -0.385. The number of methoxy groups -OCH3 is 1. The smallest absolute Gasteiger partial charge is 0.332 e. The zero-order chi connectivity index (χ0) is 14.6. The Labute approximate surface area is 110 Å². The van der Waals surface area contributed by atoms with Gasteiger partial charge in [0.2, 0.25) is 11.8 Å². The number of likely N-dealkylation sites (N-methyl/N-ethyl adjacent to an activating group) is 1. The van der Waals surface area contributed by atoms with Crippen molar-refractivity contribution in [1.82, 2.24) is 9.97 Å². The summed E-state index contributed by atoms with van der Waals surface area (Å²) in [5, 5.41) is 20.7. The first-order valence-electron chi connectivity index (χ1n) is 5.53. The Morgan fingerprint density at radius 2 is 2.21 bits per heavy atom. The van der Waals surface area contributed by atoms with Gasteiger partial charge in [0.25, 0.3) is 0 Å². The Kier molecular flexibility index (Phi) is 4.95. The Bertz CT molecular complexity index is 467. The molecule has 0 aromatic carbocycles. The summed E-state index contributed by atoms with van der Waals surface area (Å²) in [7, 11) is 3.03. The molecule has 9 nitrogen and oxygen atoms in total. The van der Waals surface area contributed by atoms with Crippen molar-refractivity contribution in [2.45, 2.75) is 13.0 Å². The third-order valence-corrected chi connectivity index (χ3v) is 2.45. The predicted octanol–water partition coefficient (Wildman–Crippen LogP) is -0.281. The summed E-state index contributed by atoms with van der Waals surface area (Å²) in [5.41, 5.74) is 5.46. The molecule has 0 aliphatic carbocycles. The van der Waals surface area contributed by atoms with Gasteiger partial charge in [-0.3, -0.25) is 10.1 Å². The van der Waals surface area contributed by atoms with Crippen LogP contribution in [0.1, 0.15) is 5.69 Å². The number of hydrogen-bond donors (Lipinski definition) is 2. The van der Waals surface area contributed by atoms with Crippen molar-refractivity contribution in [2.75, 3.05) is 37.9 Å². The highest BCUT2D eigenvalue weighted by molar-refractivity contribution is 5.61. The van der Waals surface area contributed by atoms with Gasteiger partial charge in [0.15, 0.2) is 0 Å². The SMILES string of the molecule is COCC(O)CN(C)c1nc(N)nc(C)c1[N+](=O)[O-]. The van der Waals surface area contributed by atoms with Crippen molar-refractivity contribution in [3.8, 4) is 0 Å². The van der Waals surface area contributed by atoms with Gasteiger partial charge in [-0.25, -0.2) is 4.98 Å². The van der Waals surface area contributed by atoms with E-state index in [1.807, 2.05) is 0 Å². The average Bonchev–Trinajstić information content (AvgIpc) is 2.27. The summed E-state index contributed by atoms with van der Waals surface area (Å²) in [5.74, 6) is 0.0244. The van der Waals surface area contributed by atoms with Gasteiger partial charge in [-0.15, -0.1) is 0 Å². The molecule has 19 heavy (non-hydrogen) atoms. The van der Waals surface area contributed by atoms with Crippen molar-refractivity contribution < 1.29 is 14.8 Å². The van der Waals surface area contributed by atoms with Crippen LogP contribution in [-0.2, 0) is 4.74 Å². The molecule has 1 atom stereocenters. The largest absolute Gasteiger partial charge is 0.389 e. The molecule has 9 heteroatoms. The molecule has 3 N–H and O–H groups in total. The van der Waals surface area contributed by atoms with E-state index in [1.165, 1.54) is 18.9 Å². The van der Waals surface area contributed by atoms with Crippen LogP contribution in [0.4, 0.5) is 17.5 Å². The molecule has 0 aliphatic rings. The second-order valence-electron chi connectivity index (χ2n) is 4.09. The van der Waals surface area contributed by atoms with Gasteiger partial charge in [-0.2, -0.15) is 4.98 Å². The zero-order valence-corrected chi connectivity index (χ0v) is 11.0. The van der Waals surface area contributed by atoms with Gasteiger partial charge in [0.05, 0.1) is 17.6 Å². The maximum Gasteiger partial charge on any atom is 0.332 e. The van der Waals surface area contributed by atoms with Crippen molar-refractivity contribution in [3.63, 3.8) is 0 Å². The first-order chi connectivity index (χ1) is 8.86. The van der Waals surface area contributed by atoms with E-state index in [-0.39, 0.29) is 36.3 Å². The minimum absolute atomic E-state index is 0.0498. The summed E-state index contributed by atoms with van der Waals surface area (Å²) in [6.07, 6.45) is -0.786. The predicted molar refractivity (Wildman–Crippen MR) is 69.0 cm³/mol. The molecule has 0 radical (unpaired) electrons. The molecule has 1 heterocycles.